The van der Waals surface area contributed by atoms with Gasteiger partial charge in [0.2, 0.25) is 0 Å². The molecule has 4 rings (SSSR count). The van der Waals surface area contributed by atoms with Crippen molar-refractivity contribution in [2.24, 2.45) is 0 Å². The van der Waals surface area contributed by atoms with E-state index in [0.29, 0.717) is 12.1 Å². The van der Waals surface area contributed by atoms with Crippen LogP contribution in [0.4, 0.5) is 0 Å². The van der Waals surface area contributed by atoms with E-state index in [1.54, 1.807) is 6.20 Å². The fraction of sp³-hybridized carbons (Fsp3) is 0.286. The highest BCUT2D eigenvalue weighted by Crippen LogP contribution is 2.37. The van der Waals surface area contributed by atoms with Crippen molar-refractivity contribution in [3.8, 4) is 10.4 Å². The maximum atomic E-state index is 12.2. The Morgan fingerprint density at radius 2 is 2.35 bits per heavy atom. The van der Waals surface area contributed by atoms with Crippen LogP contribution in [0.3, 0.4) is 0 Å². The third-order valence-electron chi connectivity index (χ3n) is 3.86. The quantitative estimate of drug-likeness (QED) is 0.642. The number of hydrogen-bond donors (Lipinski definition) is 3. The predicted molar refractivity (Wildman–Crippen MR) is 77.9 cm³/mol. The summed E-state index contributed by atoms with van der Waals surface area (Å²) in [6, 6.07) is 2.04. The smallest absolute Gasteiger partial charge is 0.266 e. The van der Waals surface area contributed by atoms with Crippen LogP contribution in [-0.4, -0.2) is 20.3 Å². The maximum Gasteiger partial charge on any atom is 0.266 e. The molecule has 0 bridgehead atoms. The van der Waals surface area contributed by atoms with Crippen LogP contribution in [0.2, 0.25) is 0 Å². The van der Waals surface area contributed by atoms with Crippen LogP contribution in [0.5, 0.6) is 0 Å². The molecule has 0 fully saturated rings. The molecular formula is C14H13N3O2S. The number of H-pyrrole nitrogens is 2. The molecule has 3 aromatic heterocycles. The lowest BCUT2D eigenvalue weighted by Crippen LogP contribution is -2.18. The molecule has 0 saturated carbocycles. The van der Waals surface area contributed by atoms with Crippen LogP contribution in [0.1, 0.15) is 30.2 Å². The van der Waals surface area contributed by atoms with Crippen LogP contribution >= 0.6 is 11.3 Å². The van der Waals surface area contributed by atoms with Crippen molar-refractivity contribution < 1.29 is 5.11 Å². The molecule has 1 aliphatic carbocycles. The Morgan fingerprint density at radius 3 is 3.15 bits per heavy atom. The summed E-state index contributed by atoms with van der Waals surface area (Å²) in [7, 11) is 0. The van der Waals surface area contributed by atoms with E-state index in [0.717, 1.165) is 38.9 Å². The Hall–Kier alpha value is -1.92. The molecular weight excluding hydrogens is 274 g/mol. The van der Waals surface area contributed by atoms with Gasteiger partial charge in [-0.1, -0.05) is 0 Å². The molecule has 3 heterocycles. The number of aliphatic hydroxyl groups is 1. The Balaban J connectivity index is 2.02. The average molecular weight is 287 g/mol. The second-order valence-electron chi connectivity index (χ2n) is 5.09. The van der Waals surface area contributed by atoms with Gasteiger partial charge in [-0.2, -0.15) is 5.10 Å². The summed E-state index contributed by atoms with van der Waals surface area (Å²) >= 11 is 1.47. The number of nitrogens with zero attached hydrogens (tertiary/aromatic N) is 1. The average Bonchev–Trinajstić information content (AvgIpc) is 3.08. The number of aryl methyl sites for hydroxylation is 1. The van der Waals surface area contributed by atoms with E-state index < -0.39 is 6.10 Å². The van der Waals surface area contributed by atoms with E-state index in [4.69, 9.17) is 0 Å². The Bertz CT molecular complexity index is 832. The van der Waals surface area contributed by atoms with Crippen molar-refractivity contribution in [1.29, 1.82) is 0 Å². The first-order chi connectivity index (χ1) is 9.74. The number of hydrogen-bond acceptors (Lipinski definition) is 4. The molecule has 5 nitrogen and oxygen atoms in total. The number of aliphatic hydroxyl groups excluding tert-OH is 1. The molecule has 0 unspecified atom stereocenters. The molecule has 3 N–H and O–H groups in total. The second kappa shape index (κ2) is 4.29. The predicted octanol–water partition coefficient (Wildman–Crippen LogP) is 2.35. The van der Waals surface area contributed by atoms with Gasteiger partial charge in [0.05, 0.1) is 18.0 Å². The molecule has 0 aromatic carbocycles. The normalized spacial score (nSPS) is 18.4. The molecule has 0 radical (unpaired) electrons. The van der Waals surface area contributed by atoms with E-state index in [1.165, 1.54) is 11.3 Å². The first-order valence-electron chi connectivity index (χ1n) is 6.60. The molecule has 0 amide bonds. The van der Waals surface area contributed by atoms with Gasteiger partial charge in [-0.15, -0.1) is 11.3 Å². The molecule has 20 heavy (non-hydrogen) atoms. The highest BCUT2D eigenvalue weighted by atomic mass is 32.1. The third kappa shape index (κ3) is 1.65. The SMILES string of the molecule is O=c1[nH]c2c(c3cc(-c4cn[nH]c4)sc13)CCC[C@@H]2O. The number of aromatic nitrogens is 3. The van der Waals surface area contributed by atoms with Gasteiger partial charge in [0.1, 0.15) is 4.70 Å². The monoisotopic (exact) mass is 287 g/mol. The van der Waals surface area contributed by atoms with Crippen LogP contribution in [-0.2, 0) is 6.42 Å². The number of thiophene rings is 1. The van der Waals surface area contributed by atoms with E-state index >= 15 is 0 Å². The molecule has 1 atom stereocenters. The van der Waals surface area contributed by atoms with Gasteiger partial charge in [-0.05, 0) is 30.9 Å². The molecule has 3 aromatic rings. The van der Waals surface area contributed by atoms with Gasteiger partial charge >= 0.3 is 0 Å². The fourth-order valence-electron chi connectivity index (χ4n) is 2.88. The fourth-order valence-corrected chi connectivity index (χ4v) is 3.94. The Kier molecular flexibility index (Phi) is 2.55. The highest BCUT2D eigenvalue weighted by Gasteiger charge is 2.23. The molecule has 0 spiro atoms. The zero-order chi connectivity index (χ0) is 13.7. The van der Waals surface area contributed by atoms with E-state index in [2.05, 4.69) is 15.2 Å². The lowest BCUT2D eigenvalue weighted by molar-refractivity contribution is 0.151. The molecule has 6 heteroatoms. The lowest BCUT2D eigenvalue weighted by Gasteiger charge is -2.21. The Labute approximate surface area is 118 Å². The summed E-state index contributed by atoms with van der Waals surface area (Å²) in [6.07, 6.45) is 5.59. The number of rotatable bonds is 1. The standard InChI is InChI=1S/C14H13N3O2S/c18-10-3-1-2-8-9-4-11(7-5-15-16-6-7)20-13(9)14(19)17-12(8)10/h4-6,10,18H,1-3H2,(H,15,16)(H,17,19)/t10-/m0/s1. The van der Waals surface area contributed by atoms with Crippen LogP contribution in [0, 0.1) is 0 Å². The van der Waals surface area contributed by atoms with Crippen molar-refractivity contribution in [2.75, 3.05) is 0 Å². The van der Waals surface area contributed by atoms with Crippen LogP contribution in [0.25, 0.3) is 20.5 Å². The topological polar surface area (TPSA) is 81.8 Å². The number of fused-ring (bicyclic) bond motifs is 3. The summed E-state index contributed by atoms with van der Waals surface area (Å²) in [4.78, 5) is 16.1. The maximum absolute atomic E-state index is 12.2. The third-order valence-corrected chi connectivity index (χ3v) is 5.04. The first-order valence-corrected chi connectivity index (χ1v) is 7.41. The number of aromatic amines is 2. The van der Waals surface area contributed by atoms with Gasteiger partial charge in [-0.3, -0.25) is 9.89 Å². The minimum atomic E-state index is -0.548. The molecule has 0 saturated heterocycles. The van der Waals surface area contributed by atoms with Crippen molar-refractivity contribution in [1.82, 2.24) is 15.2 Å². The van der Waals surface area contributed by atoms with Crippen molar-refractivity contribution in [3.05, 3.63) is 40.1 Å². The lowest BCUT2D eigenvalue weighted by atomic mass is 9.91. The summed E-state index contributed by atoms with van der Waals surface area (Å²) in [5, 5.41) is 17.8. The largest absolute Gasteiger partial charge is 0.387 e. The van der Waals surface area contributed by atoms with E-state index in [-0.39, 0.29) is 5.56 Å². The summed E-state index contributed by atoms with van der Waals surface area (Å²) < 4.78 is 0.731. The number of nitrogens with one attached hydrogen (secondary N) is 2. The zero-order valence-corrected chi connectivity index (χ0v) is 11.5. The molecule has 0 aliphatic heterocycles. The summed E-state index contributed by atoms with van der Waals surface area (Å²) in [5.41, 5.74) is 2.66. The number of pyridine rings is 1. The van der Waals surface area contributed by atoms with Gasteiger partial charge in [0.15, 0.2) is 0 Å². The van der Waals surface area contributed by atoms with Crippen LogP contribution < -0.4 is 5.56 Å². The first kappa shape index (κ1) is 11.9. The minimum Gasteiger partial charge on any atom is -0.387 e. The van der Waals surface area contributed by atoms with E-state index in [9.17, 15) is 9.90 Å². The summed E-state index contributed by atoms with van der Waals surface area (Å²) in [5.74, 6) is 0. The highest BCUT2D eigenvalue weighted by molar-refractivity contribution is 7.22. The Morgan fingerprint density at radius 1 is 1.45 bits per heavy atom. The second-order valence-corrected chi connectivity index (χ2v) is 6.15. The van der Waals surface area contributed by atoms with Gasteiger partial charge < -0.3 is 10.1 Å². The summed E-state index contributed by atoms with van der Waals surface area (Å²) in [6.45, 7) is 0. The van der Waals surface area contributed by atoms with Crippen molar-refractivity contribution >= 4 is 21.4 Å². The molecule has 1 aliphatic rings. The van der Waals surface area contributed by atoms with Crippen molar-refractivity contribution in [3.63, 3.8) is 0 Å². The van der Waals surface area contributed by atoms with E-state index in [1.807, 2.05) is 12.3 Å². The van der Waals surface area contributed by atoms with Crippen LogP contribution in [0.15, 0.2) is 23.3 Å². The molecule has 102 valence electrons. The van der Waals surface area contributed by atoms with Crippen molar-refractivity contribution in [2.45, 2.75) is 25.4 Å². The minimum absolute atomic E-state index is 0.112. The van der Waals surface area contributed by atoms with Gasteiger partial charge in [0.25, 0.3) is 5.56 Å². The van der Waals surface area contributed by atoms with Gasteiger partial charge in [-0.25, -0.2) is 0 Å². The van der Waals surface area contributed by atoms with Gasteiger partial charge in [0, 0.05) is 22.0 Å². The zero-order valence-electron chi connectivity index (χ0n) is 10.6.